The van der Waals surface area contributed by atoms with E-state index in [0.29, 0.717) is 6.54 Å². The van der Waals surface area contributed by atoms with Crippen LogP contribution in [0.1, 0.15) is 24.5 Å². The Morgan fingerprint density at radius 3 is 2.79 bits per heavy atom. The molecule has 1 heterocycles. The van der Waals surface area contributed by atoms with Crippen LogP contribution in [0.3, 0.4) is 0 Å². The zero-order valence-electron chi connectivity index (χ0n) is 9.25. The molecule has 14 heavy (non-hydrogen) atoms. The fourth-order valence-electron chi connectivity index (χ4n) is 1.60. The summed E-state index contributed by atoms with van der Waals surface area (Å²) in [5.74, 6) is 1.02. The Kier molecular flexibility index (Phi) is 3.89. The van der Waals surface area contributed by atoms with Crippen molar-refractivity contribution in [2.75, 3.05) is 18.5 Å². The van der Waals surface area contributed by atoms with E-state index in [1.165, 1.54) is 5.56 Å². The van der Waals surface area contributed by atoms with Crippen molar-refractivity contribution in [2.45, 2.75) is 26.8 Å². The van der Waals surface area contributed by atoms with Crippen LogP contribution in [0, 0.1) is 6.92 Å². The molecular weight excluding hydrogens is 174 g/mol. The maximum Gasteiger partial charge on any atom is 0.133 e. The van der Waals surface area contributed by atoms with Gasteiger partial charge in [-0.15, -0.1) is 0 Å². The number of aryl methyl sites for hydroxylation is 1. The van der Waals surface area contributed by atoms with Crippen molar-refractivity contribution in [3.8, 4) is 0 Å². The molecule has 0 saturated heterocycles. The second-order valence-electron chi connectivity index (χ2n) is 3.56. The summed E-state index contributed by atoms with van der Waals surface area (Å²) in [6.07, 6.45) is 2.96. The van der Waals surface area contributed by atoms with Crippen LogP contribution in [0.15, 0.2) is 12.3 Å². The number of anilines is 1. The summed E-state index contributed by atoms with van der Waals surface area (Å²) >= 11 is 0. The van der Waals surface area contributed by atoms with Crippen molar-refractivity contribution in [1.29, 1.82) is 0 Å². The highest BCUT2D eigenvalue weighted by Crippen LogP contribution is 2.19. The first-order valence-electron chi connectivity index (χ1n) is 5.06. The Labute approximate surface area is 85.9 Å². The van der Waals surface area contributed by atoms with Crippen LogP contribution in [0.25, 0.3) is 0 Å². The first-order chi connectivity index (χ1) is 6.70. The lowest BCUT2D eigenvalue weighted by molar-refractivity contribution is 0.824. The highest BCUT2D eigenvalue weighted by Gasteiger charge is 2.08. The third kappa shape index (κ3) is 2.23. The summed E-state index contributed by atoms with van der Waals surface area (Å²) in [5.41, 5.74) is 8.10. The number of nitrogens with zero attached hydrogens (tertiary/aromatic N) is 2. The van der Waals surface area contributed by atoms with E-state index in [4.69, 9.17) is 5.73 Å². The first-order valence-corrected chi connectivity index (χ1v) is 5.06. The van der Waals surface area contributed by atoms with Gasteiger partial charge >= 0.3 is 0 Å². The molecule has 1 rings (SSSR count). The largest absolute Gasteiger partial charge is 0.359 e. The first kappa shape index (κ1) is 11.0. The second-order valence-corrected chi connectivity index (χ2v) is 3.56. The van der Waals surface area contributed by atoms with Crippen molar-refractivity contribution < 1.29 is 0 Å². The van der Waals surface area contributed by atoms with Gasteiger partial charge in [-0.05, 0) is 25.0 Å². The van der Waals surface area contributed by atoms with Gasteiger partial charge in [0, 0.05) is 31.9 Å². The van der Waals surface area contributed by atoms with Crippen molar-refractivity contribution in [1.82, 2.24) is 4.98 Å². The maximum absolute atomic E-state index is 5.72. The summed E-state index contributed by atoms with van der Waals surface area (Å²) in [5, 5.41) is 0. The van der Waals surface area contributed by atoms with Crippen molar-refractivity contribution >= 4 is 5.82 Å². The quantitative estimate of drug-likeness (QED) is 0.791. The van der Waals surface area contributed by atoms with Gasteiger partial charge in [-0.25, -0.2) is 4.98 Å². The van der Waals surface area contributed by atoms with Crippen LogP contribution in [0.4, 0.5) is 5.82 Å². The summed E-state index contributed by atoms with van der Waals surface area (Å²) in [4.78, 5) is 6.54. The third-order valence-electron chi connectivity index (χ3n) is 2.39. The number of aromatic nitrogens is 1. The Bertz CT molecular complexity index is 297. The second kappa shape index (κ2) is 4.96. The van der Waals surface area contributed by atoms with Gasteiger partial charge in [0.2, 0.25) is 0 Å². The molecule has 0 aliphatic heterocycles. The van der Waals surface area contributed by atoms with E-state index in [2.05, 4.69) is 30.8 Å². The molecule has 0 bridgehead atoms. The Balaban J connectivity index is 3.00. The topological polar surface area (TPSA) is 42.2 Å². The fraction of sp³-hybridized carbons (Fsp3) is 0.545. The molecule has 78 valence electrons. The molecule has 0 spiro atoms. The maximum atomic E-state index is 5.72. The van der Waals surface area contributed by atoms with Gasteiger partial charge in [0.25, 0.3) is 0 Å². The lowest BCUT2D eigenvalue weighted by Gasteiger charge is -2.21. The van der Waals surface area contributed by atoms with E-state index in [9.17, 15) is 0 Å². The molecule has 3 heteroatoms. The predicted octanol–water partition coefficient (Wildman–Crippen LogP) is 1.69. The standard InChI is InChI=1S/C11H19N3/c1-4-7-14(3)11-10(8-12)9(2)5-6-13-11/h5-6H,4,7-8,12H2,1-3H3. The molecule has 0 unspecified atom stereocenters. The molecule has 0 radical (unpaired) electrons. The smallest absolute Gasteiger partial charge is 0.133 e. The lowest BCUT2D eigenvalue weighted by atomic mass is 10.1. The molecule has 0 aromatic carbocycles. The van der Waals surface area contributed by atoms with Gasteiger partial charge in [-0.2, -0.15) is 0 Å². The average molecular weight is 193 g/mol. The molecule has 1 aromatic heterocycles. The summed E-state index contributed by atoms with van der Waals surface area (Å²) in [6.45, 7) is 5.81. The van der Waals surface area contributed by atoms with Crippen LogP contribution in [0.2, 0.25) is 0 Å². The van der Waals surface area contributed by atoms with Gasteiger partial charge in [0.1, 0.15) is 5.82 Å². The van der Waals surface area contributed by atoms with Gasteiger partial charge < -0.3 is 10.6 Å². The van der Waals surface area contributed by atoms with E-state index in [0.717, 1.165) is 24.3 Å². The van der Waals surface area contributed by atoms with E-state index in [1.54, 1.807) is 0 Å². The molecule has 0 atom stereocenters. The van der Waals surface area contributed by atoms with E-state index >= 15 is 0 Å². The molecule has 1 aromatic rings. The minimum absolute atomic E-state index is 0.559. The van der Waals surface area contributed by atoms with E-state index in [1.807, 2.05) is 12.3 Å². The minimum Gasteiger partial charge on any atom is -0.359 e. The van der Waals surface area contributed by atoms with Crippen molar-refractivity contribution in [3.05, 3.63) is 23.4 Å². The third-order valence-corrected chi connectivity index (χ3v) is 2.39. The molecule has 0 fully saturated rings. The van der Waals surface area contributed by atoms with Crippen molar-refractivity contribution in [2.24, 2.45) is 5.73 Å². The predicted molar refractivity (Wildman–Crippen MR) is 60.4 cm³/mol. The number of hydrogen-bond acceptors (Lipinski definition) is 3. The summed E-state index contributed by atoms with van der Waals surface area (Å²) in [7, 11) is 2.06. The Morgan fingerprint density at radius 2 is 2.21 bits per heavy atom. The molecule has 0 aliphatic rings. The van der Waals surface area contributed by atoms with Gasteiger partial charge in [0.15, 0.2) is 0 Å². The van der Waals surface area contributed by atoms with Crippen LogP contribution in [-0.2, 0) is 6.54 Å². The number of rotatable bonds is 4. The van der Waals surface area contributed by atoms with E-state index in [-0.39, 0.29) is 0 Å². The van der Waals surface area contributed by atoms with Gasteiger partial charge in [0.05, 0.1) is 0 Å². The zero-order valence-corrected chi connectivity index (χ0v) is 9.25. The number of nitrogens with two attached hydrogens (primary N) is 1. The highest BCUT2D eigenvalue weighted by molar-refractivity contribution is 5.49. The SMILES string of the molecule is CCCN(C)c1nccc(C)c1CN. The van der Waals surface area contributed by atoms with Crippen LogP contribution >= 0.6 is 0 Å². The highest BCUT2D eigenvalue weighted by atomic mass is 15.2. The van der Waals surface area contributed by atoms with Crippen LogP contribution in [-0.4, -0.2) is 18.6 Å². The minimum atomic E-state index is 0.559. The van der Waals surface area contributed by atoms with Gasteiger partial charge in [-0.3, -0.25) is 0 Å². The molecule has 0 aliphatic carbocycles. The Morgan fingerprint density at radius 1 is 1.50 bits per heavy atom. The van der Waals surface area contributed by atoms with Crippen LogP contribution in [0.5, 0.6) is 0 Å². The van der Waals surface area contributed by atoms with Crippen LogP contribution < -0.4 is 10.6 Å². The van der Waals surface area contributed by atoms with Gasteiger partial charge in [-0.1, -0.05) is 6.92 Å². The average Bonchev–Trinajstić information content (AvgIpc) is 2.17. The van der Waals surface area contributed by atoms with E-state index < -0.39 is 0 Å². The number of pyridine rings is 1. The lowest BCUT2D eigenvalue weighted by Crippen LogP contribution is -2.22. The number of hydrogen-bond donors (Lipinski definition) is 1. The summed E-state index contributed by atoms with van der Waals surface area (Å²) in [6, 6.07) is 2.01. The molecule has 2 N–H and O–H groups in total. The summed E-state index contributed by atoms with van der Waals surface area (Å²) < 4.78 is 0. The normalized spacial score (nSPS) is 10.3. The molecular formula is C11H19N3. The van der Waals surface area contributed by atoms with Crippen molar-refractivity contribution in [3.63, 3.8) is 0 Å². The molecule has 3 nitrogen and oxygen atoms in total. The zero-order chi connectivity index (χ0) is 10.6. The molecule has 0 saturated carbocycles. The monoisotopic (exact) mass is 193 g/mol. The Hall–Kier alpha value is -1.09. The fourth-order valence-corrected chi connectivity index (χ4v) is 1.60. The molecule has 0 amide bonds.